The highest BCUT2D eigenvalue weighted by Gasteiger charge is 2.36. The van der Waals surface area contributed by atoms with Gasteiger partial charge in [-0.1, -0.05) is 61.0 Å². The molecule has 79 heavy (non-hydrogen) atoms. The Bertz CT molecular complexity index is 2810. The Morgan fingerprint density at radius 1 is 0.582 bits per heavy atom. The summed E-state index contributed by atoms with van der Waals surface area (Å²) in [5.74, 6) is 0.704. The van der Waals surface area contributed by atoms with Crippen LogP contribution < -0.4 is 14.8 Å². The number of hydrogen-bond donors (Lipinski definition) is 4. The quantitative estimate of drug-likeness (QED) is 0.0534. The number of aryl methyl sites for hydroxylation is 2. The molecular formula is C58H78BrN9O9S2. The third kappa shape index (κ3) is 18.4. The van der Waals surface area contributed by atoms with Crippen LogP contribution in [-0.2, 0) is 0 Å². The Labute approximate surface area is 481 Å². The Kier molecular flexibility index (Phi) is 25.7. The van der Waals surface area contributed by atoms with Crippen molar-refractivity contribution in [3.05, 3.63) is 117 Å². The molecule has 0 saturated carbocycles. The van der Waals surface area contributed by atoms with Crippen LogP contribution in [0.1, 0.15) is 79.1 Å². The predicted molar refractivity (Wildman–Crippen MR) is 318 cm³/mol. The molecule has 4 N–H and O–H groups in total. The van der Waals surface area contributed by atoms with E-state index in [-0.39, 0.29) is 36.8 Å². The summed E-state index contributed by atoms with van der Waals surface area (Å²) >= 11 is 6.55. The first-order valence-electron chi connectivity index (χ1n) is 27.2. The molecule has 4 aliphatic heterocycles. The van der Waals surface area contributed by atoms with Crippen molar-refractivity contribution in [2.75, 3.05) is 130 Å². The number of aliphatic hydroxyl groups excluding tert-OH is 3. The summed E-state index contributed by atoms with van der Waals surface area (Å²) in [4.78, 5) is 69.1. The minimum atomic E-state index is -0.585. The second-order valence-electron chi connectivity index (χ2n) is 19.1. The van der Waals surface area contributed by atoms with Crippen molar-refractivity contribution in [1.29, 1.82) is 0 Å². The molecule has 18 nitrogen and oxygen atoms in total. The zero-order valence-electron chi connectivity index (χ0n) is 46.4. The standard InChI is InChI=1S/C25H28N4O4S.C15H21N3O2S.C10H8BrNO2.C6H15N.C2H6O/c1-17-26-22-14-19(6-7-23(22)34-17)33-16-18(30)15-28-10-8-27(9-11-28)12-13-29-24(31)20-4-2-3-5-21(20)25(29)32;1-11-17-14-8-13(2-3-15(14)21-11)20-10-12(19)9-18-6-4-16-5-7-18;11-5-6-12-9(13)7-3-1-2-4-8(7)10(12)14;1-4-7(5-2)6-3;1-2-3/h2-7,14,18,30H,8-13,15-16H2,1H3;2-3,8,12,16,19H,4-7,9-10H2,1H3;1-4H,5-6H2;4-6H2,1-3H3;3H,2H2,1H3/t18-;12-;;;/m11.../s1. The molecule has 2 atom stereocenters. The summed E-state index contributed by atoms with van der Waals surface area (Å²) in [6, 6.07) is 25.6. The fourth-order valence-electron chi connectivity index (χ4n) is 9.28. The van der Waals surface area contributed by atoms with Crippen LogP contribution in [0.25, 0.3) is 20.4 Å². The number of aromatic nitrogens is 2. The predicted octanol–water partition coefficient (Wildman–Crippen LogP) is 6.53. The lowest BCUT2D eigenvalue weighted by Gasteiger charge is -2.36. The number of imide groups is 2. The van der Waals surface area contributed by atoms with Gasteiger partial charge in [0.1, 0.15) is 36.9 Å². The number of fused-ring (bicyclic) bond motifs is 4. The van der Waals surface area contributed by atoms with E-state index in [1.807, 2.05) is 50.2 Å². The number of piperazine rings is 2. The molecule has 6 aromatic rings. The van der Waals surface area contributed by atoms with Crippen LogP contribution in [0.15, 0.2) is 84.9 Å². The smallest absolute Gasteiger partial charge is 0.261 e. The molecule has 0 unspecified atom stereocenters. The lowest BCUT2D eigenvalue weighted by molar-refractivity contribution is 0.0425. The third-order valence-electron chi connectivity index (χ3n) is 13.5. The molecule has 4 aliphatic rings. The van der Waals surface area contributed by atoms with Crippen LogP contribution >= 0.6 is 38.6 Å². The van der Waals surface area contributed by atoms with Gasteiger partial charge >= 0.3 is 0 Å². The molecule has 428 valence electrons. The highest BCUT2D eigenvalue weighted by Crippen LogP contribution is 2.28. The zero-order chi connectivity index (χ0) is 56.8. The maximum Gasteiger partial charge on any atom is 0.261 e. The second kappa shape index (κ2) is 32.2. The van der Waals surface area contributed by atoms with E-state index < -0.39 is 12.2 Å². The number of benzene rings is 4. The highest BCUT2D eigenvalue weighted by atomic mass is 79.9. The van der Waals surface area contributed by atoms with Crippen LogP contribution in [0.5, 0.6) is 11.5 Å². The van der Waals surface area contributed by atoms with E-state index in [0.29, 0.717) is 66.9 Å². The van der Waals surface area contributed by atoms with Crippen molar-refractivity contribution in [2.24, 2.45) is 0 Å². The lowest BCUT2D eigenvalue weighted by Crippen LogP contribution is -2.51. The Hall–Kier alpha value is -5.30. The van der Waals surface area contributed by atoms with Crippen molar-refractivity contribution in [1.82, 2.24) is 44.7 Å². The van der Waals surface area contributed by atoms with E-state index >= 15 is 0 Å². The number of nitrogens with zero attached hydrogens (tertiary/aromatic N) is 8. The molecule has 10 rings (SSSR count). The second-order valence-corrected chi connectivity index (χ2v) is 22.3. The molecule has 2 aromatic heterocycles. The number of hydrogen-bond acceptors (Lipinski definition) is 18. The SMILES string of the molecule is CCN(CC)CC.CCO.Cc1nc2cc(OC[C@H](O)CN3CCN(CCN4C(=O)c5ccccc5C4=O)CC3)ccc2s1.Cc1nc2cc(OC[C@H](O)CN3CCNCC3)ccc2s1.O=C1c2ccccc2C(=O)N1CCBr. The van der Waals surface area contributed by atoms with Crippen molar-refractivity contribution in [2.45, 2.75) is 53.8 Å². The normalized spacial score (nSPS) is 16.3. The molecule has 0 radical (unpaired) electrons. The van der Waals surface area contributed by atoms with Gasteiger partial charge in [-0.05, 0) is 88.9 Å². The Morgan fingerprint density at radius 3 is 1.34 bits per heavy atom. The topological polar surface area (TPSA) is 205 Å². The van der Waals surface area contributed by atoms with Gasteiger partial charge in [-0.25, -0.2) is 9.97 Å². The summed E-state index contributed by atoms with van der Waals surface area (Å²) < 4.78 is 13.8. The first-order chi connectivity index (χ1) is 38.2. The summed E-state index contributed by atoms with van der Waals surface area (Å²) in [6.45, 7) is 26.5. The fourth-order valence-corrected chi connectivity index (χ4v) is 11.3. The minimum Gasteiger partial charge on any atom is -0.491 e. The van der Waals surface area contributed by atoms with E-state index in [9.17, 15) is 29.4 Å². The van der Waals surface area contributed by atoms with Crippen LogP contribution in [0.4, 0.5) is 0 Å². The number of rotatable bonds is 18. The molecule has 0 bridgehead atoms. The molecular weight excluding hydrogens is 1110 g/mol. The van der Waals surface area contributed by atoms with Crippen LogP contribution in [0.2, 0.25) is 0 Å². The van der Waals surface area contributed by atoms with E-state index in [2.05, 4.69) is 71.6 Å². The van der Waals surface area contributed by atoms with E-state index in [0.717, 1.165) is 89.6 Å². The molecule has 0 aliphatic carbocycles. The number of alkyl halides is 1. The van der Waals surface area contributed by atoms with Gasteiger partial charge in [0.15, 0.2) is 0 Å². The summed E-state index contributed by atoms with van der Waals surface area (Å²) in [7, 11) is 0. The molecule has 4 aromatic carbocycles. The van der Waals surface area contributed by atoms with Crippen molar-refractivity contribution < 1.29 is 44.0 Å². The van der Waals surface area contributed by atoms with Gasteiger partial charge in [-0.2, -0.15) is 0 Å². The number of aliphatic hydroxyl groups is 3. The van der Waals surface area contributed by atoms with Crippen molar-refractivity contribution in [3.63, 3.8) is 0 Å². The van der Waals surface area contributed by atoms with E-state index in [1.165, 1.54) is 34.1 Å². The number of β-amino-alcohol motifs (C(OH)–C–C–N with tert-alkyl or cyclic N) is 2. The van der Waals surface area contributed by atoms with Crippen LogP contribution in [-0.4, -0.2) is 220 Å². The van der Waals surface area contributed by atoms with Gasteiger partial charge < -0.3 is 35.0 Å². The molecule has 0 spiro atoms. The Morgan fingerprint density at radius 2 is 0.962 bits per heavy atom. The average molecular weight is 1190 g/mol. The molecule has 4 amide bonds. The largest absolute Gasteiger partial charge is 0.491 e. The van der Waals surface area contributed by atoms with Crippen molar-refractivity contribution in [3.8, 4) is 11.5 Å². The van der Waals surface area contributed by atoms with Gasteiger partial charge in [-0.3, -0.25) is 43.7 Å². The Balaban J connectivity index is 0.000000190. The third-order valence-corrected chi connectivity index (χ3v) is 15.7. The fraction of sp³-hybridized carbons (Fsp3) is 0.483. The first-order valence-corrected chi connectivity index (χ1v) is 30.0. The number of ether oxygens (including phenoxy) is 2. The number of halogens is 1. The van der Waals surface area contributed by atoms with E-state index in [4.69, 9.17) is 14.6 Å². The molecule has 2 fully saturated rings. The number of carbonyl (C=O) groups excluding carboxylic acids is 4. The molecule has 2 saturated heterocycles. The van der Waals surface area contributed by atoms with Crippen molar-refractivity contribution >= 4 is 82.7 Å². The van der Waals surface area contributed by atoms with Gasteiger partial charge in [0, 0.05) is 109 Å². The molecule has 21 heteroatoms. The number of carbonyl (C=O) groups is 4. The number of nitrogens with one attached hydrogen (secondary N) is 1. The maximum atomic E-state index is 12.5. The van der Waals surface area contributed by atoms with Gasteiger partial charge in [0.05, 0.1) is 52.7 Å². The monoisotopic (exact) mass is 1190 g/mol. The first kappa shape index (κ1) is 62.9. The average Bonchev–Trinajstić information content (AvgIpc) is 4.21. The highest BCUT2D eigenvalue weighted by molar-refractivity contribution is 9.09. The number of thiazole rings is 2. The summed E-state index contributed by atoms with van der Waals surface area (Å²) in [5, 5.41) is 34.1. The molecule has 6 heterocycles. The minimum absolute atomic E-state index is 0.190. The number of amides is 4. The summed E-state index contributed by atoms with van der Waals surface area (Å²) in [6.07, 6.45) is -1.05. The van der Waals surface area contributed by atoms with Gasteiger partial charge in [-0.15, -0.1) is 22.7 Å². The van der Waals surface area contributed by atoms with Crippen LogP contribution in [0, 0.1) is 13.8 Å². The maximum absolute atomic E-state index is 12.5. The summed E-state index contributed by atoms with van der Waals surface area (Å²) in [5.41, 5.74) is 3.90. The van der Waals surface area contributed by atoms with Crippen LogP contribution in [0.3, 0.4) is 0 Å². The lowest BCUT2D eigenvalue weighted by atomic mass is 10.1. The van der Waals surface area contributed by atoms with Gasteiger partial charge in [0.25, 0.3) is 23.6 Å². The zero-order valence-corrected chi connectivity index (χ0v) is 49.7. The van der Waals surface area contributed by atoms with E-state index in [1.54, 1.807) is 78.1 Å². The van der Waals surface area contributed by atoms with Gasteiger partial charge in [0.2, 0.25) is 0 Å².